The van der Waals surface area contributed by atoms with Gasteiger partial charge in [0.15, 0.2) is 0 Å². The lowest BCUT2D eigenvalue weighted by atomic mass is 9.96. The molecule has 3 nitrogen and oxygen atoms in total. The van der Waals surface area contributed by atoms with Gasteiger partial charge in [0.05, 0.1) is 17.3 Å². The molecule has 0 aromatic heterocycles. The van der Waals surface area contributed by atoms with Crippen LogP contribution in [-0.4, -0.2) is 26.2 Å². The van der Waals surface area contributed by atoms with Gasteiger partial charge in [0.1, 0.15) is 5.82 Å². The normalized spacial score (nSPS) is 16.4. The van der Waals surface area contributed by atoms with E-state index < -0.39 is 0 Å². The van der Waals surface area contributed by atoms with Crippen molar-refractivity contribution in [1.82, 2.24) is 5.32 Å². The van der Waals surface area contributed by atoms with E-state index in [1.54, 1.807) is 12.1 Å². The summed E-state index contributed by atoms with van der Waals surface area (Å²) in [4.78, 5) is 2.08. The van der Waals surface area contributed by atoms with Crippen LogP contribution in [0.5, 0.6) is 0 Å². The average molecular weight is 261 g/mol. The lowest BCUT2D eigenvalue weighted by molar-refractivity contribution is 0.384. The molecule has 4 heteroatoms. The summed E-state index contributed by atoms with van der Waals surface area (Å²) in [5.74, 6) is 0.404. The van der Waals surface area contributed by atoms with Crippen LogP contribution in [-0.2, 0) is 0 Å². The van der Waals surface area contributed by atoms with E-state index in [1.165, 1.54) is 6.07 Å². The highest BCUT2D eigenvalue weighted by molar-refractivity contribution is 5.51. The zero-order valence-electron chi connectivity index (χ0n) is 11.3. The van der Waals surface area contributed by atoms with Crippen LogP contribution < -0.4 is 10.2 Å². The van der Waals surface area contributed by atoms with Crippen LogP contribution in [0.15, 0.2) is 18.2 Å². The van der Waals surface area contributed by atoms with Crippen molar-refractivity contribution < 1.29 is 4.39 Å². The van der Waals surface area contributed by atoms with E-state index >= 15 is 0 Å². The molecule has 1 aliphatic heterocycles. The third-order valence-corrected chi connectivity index (χ3v) is 3.72. The van der Waals surface area contributed by atoms with Crippen molar-refractivity contribution in [2.24, 2.45) is 5.92 Å². The van der Waals surface area contributed by atoms with Gasteiger partial charge in [-0.3, -0.25) is 0 Å². The SMILES string of the molecule is CCNCC1CCN(c2ccc(C#N)cc2F)CC1. The molecule has 1 saturated heterocycles. The Morgan fingerprint density at radius 1 is 1.42 bits per heavy atom. The van der Waals surface area contributed by atoms with Gasteiger partial charge in [0.25, 0.3) is 0 Å². The molecule has 1 aromatic carbocycles. The van der Waals surface area contributed by atoms with Crippen LogP contribution in [0.3, 0.4) is 0 Å². The molecule has 102 valence electrons. The van der Waals surface area contributed by atoms with Gasteiger partial charge >= 0.3 is 0 Å². The van der Waals surface area contributed by atoms with Crippen LogP contribution in [0, 0.1) is 23.1 Å². The molecule has 19 heavy (non-hydrogen) atoms. The number of nitrogens with one attached hydrogen (secondary N) is 1. The molecule has 0 atom stereocenters. The van der Waals surface area contributed by atoms with Crippen molar-refractivity contribution in [3.05, 3.63) is 29.6 Å². The Kier molecular flexibility index (Phi) is 4.75. The molecule has 0 aliphatic carbocycles. The fourth-order valence-corrected chi connectivity index (χ4v) is 2.56. The van der Waals surface area contributed by atoms with Crippen LogP contribution in [0.1, 0.15) is 25.3 Å². The fraction of sp³-hybridized carbons (Fsp3) is 0.533. The van der Waals surface area contributed by atoms with Crippen LogP contribution >= 0.6 is 0 Å². The summed E-state index contributed by atoms with van der Waals surface area (Å²) in [6.07, 6.45) is 2.18. The van der Waals surface area contributed by atoms with Crippen LogP contribution in [0.2, 0.25) is 0 Å². The van der Waals surface area contributed by atoms with E-state index in [0.29, 0.717) is 17.2 Å². The van der Waals surface area contributed by atoms with Crippen molar-refractivity contribution in [1.29, 1.82) is 5.26 Å². The van der Waals surface area contributed by atoms with Crippen molar-refractivity contribution >= 4 is 5.69 Å². The number of rotatable bonds is 4. The number of piperidine rings is 1. The van der Waals surface area contributed by atoms with E-state index in [9.17, 15) is 4.39 Å². The summed E-state index contributed by atoms with van der Waals surface area (Å²) in [5.41, 5.74) is 1.00. The highest BCUT2D eigenvalue weighted by Crippen LogP contribution is 2.26. The number of nitrogens with zero attached hydrogens (tertiary/aromatic N) is 2. The van der Waals surface area contributed by atoms with E-state index in [2.05, 4.69) is 17.1 Å². The van der Waals surface area contributed by atoms with Crippen molar-refractivity contribution in [3.8, 4) is 6.07 Å². The zero-order chi connectivity index (χ0) is 13.7. The van der Waals surface area contributed by atoms with Crippen molar-refractivity contribution in [2.45, 2.75) is 19.8 Å². The maximum Gasteiger partial charge on any atom is 0.147 e. The fourth-order valence-electron chi connectivity index (χ4n) is 2.56. The molecule has 1 N–H and O–H groups in total. The quantitative estimate of drug-likeness (QED) is 0.905. The number of nitriles is 1. The number of hydrogen-bond donors (Lipinski definition) is 1. The Labute approximate surface area is 114 Å². The summed E-state index contributed by atoms with van der Waals surface area (Å²) in [6.45, 7) is 5.95. The maximum atomic E-state index is 13.9. The monoisotopic (exact) mass is 261 g/mol. The Bertz CT molecular complexity index is 459. The molecule has 0 amide bonds. The lowest BCUT2D eigenvalue weighted by Crippen LogP contribution is -2.37. The summed E-state index contributed by atoms with van der Waals surface area (Å²) < 4.78 is 13.9. The smallest absolute Gasteiger partial charge is 0.147 e. The Morgan fingerprint density at radius 3 is 2.74 bits per heavy atom. The Hall–Kier alpha value is -1.60. The van der Waals surface area contributed by atoms with E-state index in [1.807, 2.05) is 6.07 Å². The van der Waals surface area contributed by atoms with Gasteiger partial charge < -0.3 is 10.2 Å². The second-order valence-corrected chi connectivity index (χ2v) is 5.02. The second kappa shape index (κ2) is 6.53. The number of halogens is 1. The van der Waals surface area contributed by atoms with Gasteiger partial charge in [0, 0.05) is 13.1 Å². The number of anilines is 1. The summed E-state index contributed by atoms with van der Waals surface area (Å²) in [5, 5.41) is 12.1. The van der Waals surface area contributed by atoms with Gasteiger partial charge in [-0.15, -0.1) is 0 Å². The molecule has 1 fully saturated rings. The largest absolute Gasteiger partial charge is 0.369 e. The summed E-state index contributed by atoms with van der Waals surface area (Å²) in [6, 6.07) is 6.69. The standard InChI is InChI=1S/C15H20FN3/c1-2-18-11-12-5-7-19(8-6-12)15-4-3-13(10-17)9-14(15)16/h3-4,9,12,18H,2,5-8,11H2,1H3. The second-order valence-electron chi connectivity index (χ2n) is 5.02. The maximum absolute atomic E-state index is 13.9. The molecule has 0 bridgehead atoms. The zero-order valence-corrected chi connectivity index (χ0v) is 11.3. The topological polar surface area (TPSA) is 39.1 Å². The van der Waals surface area contributed by atoms with Crippen LogP contribution in [0.25, 0.3) is 0 Å². The Morgan fingerprint density at radius 2 is 2.16 bits per heavy atom. The minimum Gasteiger partial charge on any atom is -0.369 e. The number of hydrogen-bond acceptors (Lipinski definition) is 3. The van der Waals surface area contributed by atoms with Crippen LogP contribution in [0.4, 0.5) is 10.1 Å². The first-order valence-corrected chi connectivity index (χ1v) is 6.90. The molecule has 0 saturated carbocycles. The van der Waals surface area contributed by atoms with Crippen molar-refractivity contribution in [3.63, 3.8) is 0 Å². The predicted octanol–water partition coefficient (Wildman–Crippen LogP) is 2.52. The van der Waals surface area contributed by atoms with Gasteiger partial charge in [-0.2, -0.15) is 5.26 Å². The third kappa shape index (κ3) is 3.45. The minimum atomic E-state index is -0.288. The van der Waals surface area contributed by atoms with Crippen molar-refractivity contribution in [2.75, 3.05) is 31.1 Å². The molecule has 1 aromatic rings. The highest BCUT2D eigenvalue weighted by Gasteiger charge is 2.20. The molecule has 1 aliphatic rings. The predicted molar refractivity (Wildman–Crippen MR) is 74.6 cm³/mol. The van der Waals surface area contributed by atoms with E-state index in [-0.39, 0.29) is 5.82 Å². The van der Waals surface area contributed by atoms with E-state index in [0.717, 1.165) is 39.0 Å². The molecule has 0 unspecified atom stereocenters. The average Bonchev–Trinajstić information content (AvgIpc) is 2.45. The first-order valence-electron chi connectivity index (χ1n) is 6.90. The summed E-state index contributed by atoms with van der Waals surface area (Å²) >= 11 is 0. The molecule has 0 spiro atoms. The molecular weight excluding hydrogens is 241 g/mol. The first-order chi connectivity index (χ1) is 9.24. The molecule has 2 rings (SSSR count). The Balaban J connectivity index is 1.96. The van der Waals surface area contributed by atoms with Gasteiger partial charge in [-0.05, 0) is 50.0 Å². The number of benzene rings is 1. The summed E-state index contributed by atoms with van der Waals surface area (Å²) in [7, 11) is 0. The minimum absolute atomic E-state index is 0.288. The molecule has 0 radical (unpaired) electrons. The molecular formula is C15H20FN3. The van der Waals surface area contributed by atoms with E-state index in [4.69, 9.17) is 5.26 Å². The first kappa shape index (κ1) is 13.8. The lowest BCUT2D eigenvalue weighted by Gasteiger charge is -2.33. The third-order valence-electron chi connectivity index (χ3n) is 3.72. The highest BCUT2D eigenvalue weighted by atomic mass is 19.1. The van der Waals surface area contributed by atoms with Gasteiger partial charge in [-0.25, -0.2) is 4.39 Å². The van der Waals surface area contributed by atoms with Gasteiger partial charge in [0.2, 0.25) is 0 Å². The molecule has 1 heterocycles. The van der Waals surface area contributed by atoms with Gasteiger partial charge in [-0.1, -0.05) is 6.92 Å².